The number of aromatic amines is 1. The Bertz CT molecular complexity index is 2200. The number of aliphatic hydroxyl groups excluding tert-OH is 2. The number of pyridine rings is 1. The van der Waals surface area contributed by atoms with E-state index in [0.717, 1.165) is 0 Å². The number of phosphoric ester groups is 1. The monoisotopic (exact) mass is 819 g/mol. The Morgan fingerprint density at radius 2 is 1.75 bits per heavy atom. The van der Waals surface area contributed by atoms with Gasteiger partial charge in [-0.2, -0.15) is 0 Å². The zero-order valence-corrected chi connectivity index (χ0v) is 30.4. The molecule has 13 N–H and O–H groups in total. The van der Waals surface area contributed by atoms with E-state index < -0.39 is 86.7 Å². The van der Waals surface area contributed by atoms with Crippen molar-refractivity contribution in [2.45, 2.75) is 62.8 Å². The number of aliphatic carboxylic acids is 2. The molecule has 3 amide bonds. The third kappa shape index (κ3) is 10.2. The maximum absolute atomic E-state index is 14.1. The standard InChI is InChI=1S/C32H38N9O15P/c33-27(47)24-19(41(13-35-24)30-26(46)25(45)20(56-30)12-55-57(52,53)54)8-9-21(42)40(11-15-3-6-17-23(36-15)29(49)39-32(34)38-17)16-4-1-14(2-5-16)28(48)37-18(31(50)51)7-10-22(43)44/h1-6,18,20,25-26,30,35,45-46H,7-13H2,(H2,33,47)(H,37,48)(H,43,44)(H,50,51)(H2,52,53,54)(H3,34,38,39,49)/t18-,20+,25+,26+,30+/m0/s1. The normalized spacial score (nSPS) is 20.0. The van der Waals surface area contributed by atoms with Gasteiger partial charge in [0.05, 0.1) is 31.0 Å². The number of nitrogens with two attached hydrogens (primary N) is 2. The fourth-order valence-electron chi connectivity index (χ4n) is 6.12. The minimum atomic E-state index is -4.97. The van der Waals surface area contributed by atoms with E-state index in [0.29, 0.717) is 0 Å². The second-order valence-corrected chi connectivity index (χ2v) is 14.0. The van der Waals surface area contributed by atoms with Gasteiger partial charge in [0, 0.05) is 29.8 Å². The molecule has 1 fully saturated rings. The van der Waals surface area contributed by atoms with Gasteiger partial charge in [0.25, 0.3) is 17.4 Å². The number of anilines is 2. The van der Waals surface area contributed by atoms with Crippen molar-refractivity contribution in [1.82, 2.24) is 30.5 Å². The molecular weight excluding hydrogens is 781 g/mol. The van der Waals surface area contributed by atoms with E-state index in [1.807, 2.05) is 0 Å². The van der Waals surface area contributed by atoms with Crippen molar-refractivity contribution < 1.29 is 68.0 Å². The van der Waals surface area contributed by atoms with Gasteiger partial charge in [0.15, 0.2) is 11.7 Å². The number of carboxylic acid groups (broad SMARTS) is 2. The first-order chi connectivity index (χ1) is 26.8. The number of hydrogen-bond acceptors (Lipinski definition) is 16. The van der Waals surface area contributed by atoms with Crippen LogP contribution in [0.15, 0.2) is 52.6 Å². The molecule has 5 rings (SSSR count). The van der Waals surface area contributed by atoms with E-state index >= 15 is 0 Å². The number of primary amides is 1. The second-order valence-electron chi connectivity index (χ2n) is 12.8. The molecule has 3 aromatic rings. The molecule has 0 radical (unpaired) electrons. The Balaban J connectivity index is 1.41. The third-order valence-electron chi connectivity index (χ3n) is 8.88. The number of H-pyrrole nitrogens is 1. The number of allylic oxidation sites excluding steroid dienone is 1. The molecule has 5 atom stereocenters. The summed E-state index contributed by atoms with van der Waals surface area (Å²) in [6.45, 7) is -1.25. The van der Waals surface area contributed by atoms with Crippen LogP contribution in [0.3, 0.4) is 0 Å². The molecule has 2 aromatic heterocycles. The summed E-state index contributed by atoms with van der Waals surface area (Å²) in [5.41, 5.74) is 11.0. The Morgan fingerprint density at radius 1 is 1.05 bits per heavy atom. The number of hydrogen-bond donors (Lipinski definition) is 11. The SMILES string of the molecule is NC(=O)C1=C(CCC(=O)N(Cc2ccc3nc(N)[nH]c(=O)c3n2)c2ccc(C(=O)N[C@@H](CCC(=O)O)C(=O)O)cc2)N([C@@H]2O[C@H](COP(=O)(O)O)[C@@H](O)[C@H]2O)CN1. The largest absolute Gasteiger partial charge is 0.481 e. The number of aliphatic hydroxyl groups is 2. The van der Waals surface area contributed by atoms with Crippen molar-refractivity contribution in [3.63, 3.8) is 0 Å². The number of carbonyl (C=O) groups excluding carboxylic acids is 3. The number of phosphoric acid groups is 1. The van der Waals surface area contributed by atoms with Crippen LogP contribution in [0.1, 0.15) is 41.7 Å². The van der Waals surface area contributed by atoms with E-state index in [1.165, 1.54) is 46.2 Å². The summed E-state index contributed by atoms with van der Waals surface area (Å²) in [5, 5.41) is 44.7. The summed E-state index contributed by atoms with van der Waals surface area (Å²) in [4.78, 5) is 106. The van der Waals surface area contributed by atoms with Gasteiger partial charge in [-0.1, -0.05) is 0 Å². The molecule has 1 aromatic carbocycles. The molecule has 25 heteroatoms. The highest BCUT2D eigenvalue weighted by molar-refractivity contribution is 7.46. The first-order valence-electron chi connectivity index (χ1n) is 16.9. The number of ether oxygens (including phenoxy) is 1. The van der Waals surface area contributed by atoms with E-state index in [9.17, 15) is 48.7 Å². The Morgan fingerprint density at radius 3 is 2.39 bits per heavy atom. The fraction of sp³-hybridized carbons (Fsp3) is 0.375. The topological polar surface area (TPSA) is 383 Å². The molecule has 4 heterocycles. The lowest BCUT2D eigenvalue weighted by Crippen LogP contribution is -2.44. The Labute approximate surface area is 320 Å². The van der Waals surface area contributed by atoms with Gasteiger partial charge in [-0.3, -0.25) is 33.5 Å². The zero-order chi connectivity index (χ0) is 41.8. The second kappa shape index (κ2) is 17.4. The van der Waals surface area contributed by atoms with Crippen LogP contribution in [0.5, 0.6) is 0 Å². The summed E-state index contributed by atoms with van der Waals surface area (Å²) in [7, 11) is -4.97. The number of carboxylic acids is 2. The number of rotatable bonds is 17. The minimum Gasteiger partial charge on any atom is -0.481 e. The van der Waals surface area contributed by atoms with Crippen LogP contribution < -0.4 is 32.6 Å². The van der Waals surface area contributed by atoms with Gasteiger partial charge < -0.3 is 66.9 Å². The number of carbonyl (C=O) groups is 5. The van der Waals surface area contributed by atoms with Gasteiger partial charge in [-0.25, -0.2) is 19.3 Å². The maximum atomic E-state index is 14.1. The molecule has 2 aliphatic heterocycles. The average Bonchev–Trinajstić information content (AvgIpc) is 3.69. The van der Waals surface area contributed by atoms with Crippen LogP contribution >= 0.6 is 7.82 Å². The maximum Gasteiger partial charge on any atom is 0.469 e. The van der Waals surface area contributed by atoms with Crippen molar-refractivity contribution in [3.8, 4) is 0 Å². The molecule has 1 saturated heterocycles. The predicted molar refractivity (Wildman–Crippen MR) is 192 cm³/mol. The Kier molecular flexibility index (Phi) is 12.9. The number of nitrogen functional groups attached to an aromatic ring is 1. The molecule has 0 unspecified atom stereocenters. The Hall–Kier alpha value is -6.01. The van der Waals surface area contributed by atoms with Gasteiger partial charge in [0.2, 0.25) is 11.9 Å². The number of nitrogens with one attached hydrogen (secondary N) is 3. The molecule has 24 nitrogen and oxygen atoms in total. The first kappa shape index (κ1) is 42.1. The molecule has 0 aliphatic carbocycles. The summed E-state index contributed by atoms with van der Waals surface area (Å²) >= 11 is 0. The van der Waals surface area contributed by atoms with E-state index in [1.54, 1.807) is 0 Å². The highest BCUT2D eigenvalue weighted by Gasteiger charge is 2.48. The smallest absolute Gasteiger partial charge is 0.469 e. The lowest BCUT2D eigenvalue weighted by molar-refractivity contribution is -0.140. The highest BCUT2D eigenvalue weighted by atomic mass is 31.2. The number of nitrogens with zero attached hydrogens (tertiary/aromatic N) is 4. The summed E-state index contributed by atoms with van der Waals surface area (Å²) in [6, 6.07) is 6.79. The van der Waals surface area contributed by atoms with Crippen molar-refractivity contribution in [3.05, 3.63) is 69.4 Å². The van der Waals surface area contributed by atoms with Gasteiger partial charge in [-0.05, 0) is 49.2 Å². The van der Waals surface area contributed by atoms with Crippen LogP contribution in [0.25, 0.3) is 11.0 Å². The van der Waals surface area contributed by atoms with Crippen molar-refractivity contribution in [2.24, 2.45) is 5.73 Å². The van der Waals surface area contributed by atoms with Crippen molar-refractivity contribution in [2.75, 3.05) is 23.9 Å². The average molecular weight is 820 g/mol. The molecule has 57 heavy (non-hydrogen) atoms. The quantitative estimate of drug-likeness (QED) is 0.0621. The zero-order valence-electron chi connectivity index (χ0n) is 29.5. The van der Waals surface area contributed by atoms with Crippen LogP contribution in [-0.4, -0.2) is 124 Å². The lowest BCUT2D eigenvalue weighted by Gasteiger charge is -2.30. The number of amides is 3. The molecular formula is C32H38N9O15P. The number of benzene rings is 1. The highest BCUT2D eigenvalue weighted by Crippen LogP contribution is 2.38. The summed E-state index contributed by atoms with van der Waals surface area (Å²) < 4.78 is 21.3. The van der Waals surface area contributed by atoms with Crippen LogP contribution in [-0.2, 0) is 39.5 Å². The lowest BCUT2D eigenvalue weighted by atomic mass is 10.1. The van der Waals surface area contributed by atoms with Crippen LogP contribution in [0, 0.1) is 0 Å². The molecule has 0 spiro atoms. The molecule has 2 aliphatic rings. The van der Waals surface area contributed by atoms with Crippen molar-refractivity contribution in [1.29, 1.82) is 0 Å². The summed E-state index contributed by atoms with van der Waals surface area (Å²) in [6.07, 6.45) is -7.60. The molecule has 306 valence electrons. The van der Waals surface area contributed by atoms with Gasteiger partial charge in [-0.15, -0.1) is 0 Å². The molecule has 0 bridgehead atoms. The van der Waals surface area contributed by atoms with E-state index in [4.69, 9.17) is 31.1 Å². The summed E-state index contributed by atoms with van der Waals surface area (Å²) in [5.74, 6) is -5.22. The van der Waals surface area contributed by atoms with Gasteiger partial charge in [0.1, 0.15) is 30.1 Å². The minimum absolute atomic E-state index is 0.0301. The number of fused-ring (bicyclic) bond motifs is 1. The number of aromatic nitrogens is 3. The predicted octanol–water partition coefficient (Wildman–Crippen LogP) is -2.62. The third-order valence-corrected chi connectivity index (χ3v) is 9.36. The van der Waals surface area contributed by atoms with Gasteiger partial charge >= 0.3 is 19.8 Å². The fourth-order valence-corrected chi connectivity index (χ4v) is 6.46. The molecule has 0 saturated carbocycles. The van der Waals surface area contributed by atoms with Crippen molar-refractivity contribution >= 4 is 60.2 Å². The van der Waals surface area contributed by atoms with E-state index in [-0.39, 0.29) is 77.8 Å². The van der Waals surface area contributed by atoms with Crippen LogP contribution in [0.4, 0.5) is 11.6 Å². The van der Waals surface area contributed by atoms with E-state index in [2.05, 4.69) is 30.1 Å². The first-order valence-corrected chi connectivity index (χ1v) is 18.4. The van der Waals surface area contributed by atoms with Crippen LogP contribution in [0.2, 0.25) is 0 Å².